The zero-order valence-corrected chi connectivity index (χ0v) is 13.9. The molecule has 6 nitrogen and oxygen atoms in total. The molecule has 4 rings (SSSR count). The minimum absolute atomic E-state index is 0.0190. The number of hydrogen-bond donors (Lipinski definition) is 0. The van der Waals surface area contributed by atoms with Crippen LogP contribution in [-0.4, -0.2) is 45.6 Å². The number of carbonyl (C=O) groups is 3. The summed E-state index contributed by atoms with van der Waals surface area (Å²) in [6.45, 7) is 0. The van der Waals surface area contributed by atoms with Gasteiger partial charge in [-0.15, -0.1) is 0 Å². The molecule has 3 fully saturated rings. The molecule has 25 heavy (non-hydrogen) atoms. The lowest BCUT2D eigenvalue weighted by molar-refractivity contribution is -0.142. The molecule has 3 amide bonds. The van der Waals surface area contributed by atoms with Crippen molar-refractivity contribution < 1.29 is 14.4 Å². The van der Waals surface area contributed by atoms with E-state index in [-0.39, 0.29) is 35.8 Å². The molecule has 0 aromatic heterocycles. The topological polar surface area (TPSA) is 81.5 Å². The largest absolute Gasteiger partial charge is 0.333 e. The van der Waals surface area contributed by atoms with Crippen LogP contribution in [0.5, 0.6) is 0 Å². The minimum Gasteiger partial charge on any atom is -0.333 e. The fourth-order valence-corrected chi connectivity index (χ4v) is 4.53. The van der Waals surface area contributed by atoms with E-state index in [1.54, 1.807) is 24.3 Å². The van der Waals surface area contributed by atoms with Crippen molar-refractivity contribution in [2.45, 2.75) is 56.7 Å². The number of nitriles is 1. The summed E-state index contributed by atoms with van der Waals surface area (Å²) in [5.41, 5.74) is 1.12. The predicted molar refractivity (Wildman–Crippen MR) is 88.2 cm³/mol. The monoisotopic (exact) mass is 337 g/mol. The Morgan fingerprint density at radius 3 is 2.04 bits per heavy atom. The maximum Gasteiger partial charge on any atom is 0.254 e. The van der Waals surface area contributed by atoms with Gasteiger partial charge in [0.2, 0.25) is 11.8 Å². The van der Waals surface area contributed by atoms with Gasteiger partial charge in [-0.25, -0.2) is 0 Å². The Labute approximate surface area is 146 Å². The van der Waals surface area contributed by atoms with Crippen LogP contribution in [0.3, 0.4) is 0 Å². The van der Waals surface area contributed by atoms with Crippen LogP contribution in [0.4, 0.5) is 0 Å². The fourth-order valence-electron chi connectivity index (χ4n) is 4.53. The quantitative estimate of drug-likeness (QED) is 0.771. The van der Waals surface area contributed by atoms with E-state index in [9.17, 15) is 14.4 Å². The highest BCUT2D eigenvalue weighted by Crippen LogP contribution is 2.39. The minimum atomic E-state index is -0.0683. The number of hydrogen-bond acceptors (Lipinski definition) is 4. The number of likely N-dealkylation sites (tertiary alicyclic amines) is 1. The van der Waals surface area contributed by atoms with Crippen molar-refractivity contribution in [1.82, 2.24) is 9.80 Å². The number of amides is 3. The maximum atomic E-state index is 12.9. The molecule has 1 aromatic rings. The first kappa shape index (κ1) is 15.8. The summed E-state index contributed by atoms with van der Waals surface area (Å²) in [5, 5.41) is 8.88. The van der Waals surface area contributed by atoms with E-state index >= 15 is 0 Å². The number of rotatable bonds is 2. The molecule has 128 valence electrons. The van der Waals surface area contributed by atoms with E-state index in [4.69, 9.17) is 5.26 Å². The van der Waals surface area contributed by atoms with E-state index < -0.39 is 0 Å². The Morgan fingerprint density at radius 2 is 1.52 bits per heavy atom. The lowest BCUT2D eigenvalue weighted by Crippen LogP contribution is -2.53. The first-order valence-electron chi connectivity index (χ1n) is 8.76. The molecule has 0 aliphatic carbocycles. The highest BCUT2D eigenvalue weighted by atomic mass is 16.2. The summed E-state index contributed by atoms with van der Waals surface area (Å²) in [6, 6.07) is 8.84. The van der Waals surface area contributed by atoms with Gasteiger partial charge in [0.1, 0.15) is 0 Å². The van der Waals surface area contributed by atoms with Gasteiger partial charge < -0.3 is 4.90 Å². The van der Waals surface area contributed by atoms with Crippen LogP contribution in [0.25, 0.3) is 0 Å². The van der Waals surface area contributed by atoms with Crippen LogP contribution in [0.2, 0.25) is 0 Å². The molecular formula is C19H19N3O3. The summed E-state index contributed by atoms with van der Waals surface area (Å²) in [6.07, 6.45) is 3.82. The number of imide groups is 1. The normalized spacial score (nSPS) is 28.4. The van der Waals surface area contributed by atoms with Gasteiger partial charge in [0, 0.05) is 36.5 Å². The number of carbonyl (C=O) groups excluding carboxylic acids is 3. The molecule has 3 saturated heterocycles. The summed E-state index contributed by atoms with van der Waals surface area (Å²) in [4.78, 5) is 40.3. The number of piperidine rings is 1. The first-order chi connectivity index (χ1) is 12.1. The maximum absolute atomic E-state index is 12.9. The second-order valence-electron chi connectivity index (χ2n) is 7.07. The second kappa shape index (κ2) is 5.99. The number of fused-ring (bicyclic) bond motifs is 2. The molecule has 3 aliphatic rings. The van der Waals surface area contributed by atoms with Crippen molar-refractivity contribution in [2.24, 2.45) is 0 Å². The fraction of sp³-hybridized carbons (Fsp3) is 0.474. The van der Waals surface area contributed by atoms with Gasteiger partial charge in [-0.3, -0.25) is 19.3 Å². The molecule has 2 bridgehead atoms. The van der Waals surface area contributed by atoms with Crippen LogP contribution >= 0.6 is 0 Å². The van der Waals surface area contributed by atoms with Gasteiger partial charge in [0.05, 0.1) is 11.6 Å². The van der Waals surface area contributed by atoms with Crippen LogP contribution in [0.15, 0.2) is 24.3 Å². The van der Waals surface area contributed by atoms with Crippen molar-refractivity contribution >= 4 is 17.7 Å². The third-order valence-electron chi connectivity index (χ3n) is 5.66. The smallest absolute Gasteiger partial charge is 0.254 e. The van der Waals surface area contributed by atoms with E-state index in [0.717, 1.165) is 12.8 Å². The molecule has 3 aliphatic heterocycles. The Hall–Kier alpha value is -2.68. The van der Waals surface area contributed by atoms with Crippen molar-refractivity contribution in [3.63, 3.8) is 0 Å². The van der Waals surface area contributed by atoms with Crippen LogP contribution in [0.1, 0.15) is 54.4 Å². The summed E-state index contributed by atoms with van der Waals surface area (Å²) >= 11 is 0. The Kier molecular flexibility index (Phi) is 3.79. The van der Waals surface area contributed by atoms with Crippen LogP contribution in [0, 0.1) is 11.3 Å². The number of nitrogens with zero attached hydrogens (tertiary/aromatic N) is 3. The summed E-state index contributed by atoms with van der Waals surface area (Å²) < 4.78 is 0. The molecular weight excluding hydrogens is 318 g/mol. The van der Waals surface area contributed by atoms with Gasteiger partial charge in [-0.2, -0.15) is 5.26 Å². The molecule has 0 N–H and O–H groups in total. The molecule has 0 saturated carbocycles. The zero-order chi connectivity index (χ0) is 17.6. The average molecular weight is 337 g/mol. The van der Waals surface area contributed by atoms with Crippen molar-refractivity contribution in [3.05, 3.63) is 35.4 Å². The second-order valence-corrected chi connectivity index (χ2v) is 7.07. The lowest BCUT2D eigenvalue weighted by Gasteiger charge is -2.41. The van der Waals surface area contributed by atoms with Crippen molar-refractivity contribution in [2.75, 3.05) is 0 Å². The van der Waals surface area contributed by atoms with Gasteiger partial charge in [0.15, 0.2) is 0 Å². The Morgan fingerprint density at radius 1 is 0.960 bits per heavy atom. The van der Waals surface area contributed by atoms with E-state index in [1.807, 2.05) is 4.90 Å². The Bertz CT molecular complexity index is 750. The van der Waals surface area contributed by atoms with Crippen LogP contribution in [-0.2, 0) is 9.59 Å². The van der Waals surface area contributed by atoms with E-state index in [2.05, 4.69) is 6.07 Å². The standard InChI is InChI=1S/C19H19N3O3/c20-11-12-1-3-13(4-2-12)19(25)21-14-5-6-15(21)10-16(9-14)22-17(23)7-8-18(22)24/h1-4,14-16H,5-10H2. The van der Waals surface area contributed by atoms with E-state index in [1.165, 1.54) is 4.90 Å². The summed E-state index contributed by atoms with van der Waals surface area (Å²) in [7, 11) is 0. The van der Waals surface area contributed by atoms with Gasteiger partial charge in [-0.05, 0) is 49.9 Å². The summed E-state index contributed by atoms with van der Waals surface area (Å²) in [5.74, 6) is -0.156. The predicted octanol–water partition coefficient (Wildman–Crippen LogP) is 1.84. The highest BCUT2D eigenvalue weighted by Gasteiger charge is 2.47. The average Bonchev–Trinajstić information content (AvgIpc) is 3.10. The first-order valence-corrected chi connectivity index (χ1v) is 8.76. The van der Waals surface area contributed by atoms with Crippen LogP contribution < -0.4 is 0 Å². The van der Waals surface area contributed by atoms with Crippen molar-refractivity contribution in [3.8, 4) is 6.07 Å². The van der Waals surface area contributed by atoms with Gasteiger partial charge in [-0.1, -0.05) is 0 Å². The molecule has 2 atom stereocenters. The molecule has 2 unspecified atom stereocenters. The number of benzene rings is 1. The third kappa shape index (κ3) is 2.60. The Balaban J connectivity index is 1.52. The molecule has 3 heterocycles. The highest BCUT2D eigenvalue weighted by molar-refractivity contribution is 6.02. The van der Waals surface area contributed by atoms with Crippen molar-refractivity contribution in [1.29, 1.82) is 5.26 Å². The molecule has 1 aromatic carbocycles. The zero-order valence-electron chi connectivity index (χ0n) is 13.9. The molecule has 6 heteroatoms. The third-order valence-corrected chi connectivity index (χ3v) is 5.66. The van der Waals surface area contributed by atoms with Gasteiger partial charge >= 0.3 is 0 Å². The van der Waals surface area contributed by atoms with E-state index in [0.29, 0.717) is 36.8 Å². The SMILES string of the molecule is N#Cc1ccc(C(=O)N2C3CCC2CC(N2C(=O)CCC2=O)C3)cc1. The van der Waals surface area contributed by atoms with Gasteiger partial charge in [0.25, 0.3) is 5.91 Å². The molecule has 0 radical (unpaired) electrons. The lowest BCUT2D eigenvalue weighted by atomic mass is 9.95. The molecule has 0 spiro atoms.